The standard InChI is InChI=1S/C18H21NO/c1-20-18-8-6-15(7-9-18)10-12-19-13-11-16-4-2-3-5-17(16)14-19/h2-9H,10-14H2,1H3. The third kappa shape index (κ3) is 3.02. The van der Waals surface area contributed by atoms with Gasteiger partial charge in [0.1, 0.15) is 5.75 Å². The summed E-state index contributed by atoms with van der Waals surface area (Å²) < 4.78 is 5.19. The highest BCUT2D eigenvalue weighted by Gasteiger charge is 2.14. The van der Waals surface area contributed by atoms with Crippen molar-refractivity contribution >= 4 is 0 Å². The minimum atomic E-state index is 0.931. The second kappa shape index (κ2) is 6.10. The van der Waals surface area contributed by atoms with Crippen LogP contribution in [0, 0.1) is 0 Å². The lowest BCUT2D eigenvalue weighted by molar-refractivity contribution is 0.257. The van der Waals surface area contributed by atoms with E-state index in [-0.39, 0.29) is 0 Å². The number of ether oxygens (including phenoxy) is 1. The van der Waals surface area contributed by atoms with E-state index in [1.165, 1.54) is 29.7 Å². The minimum absolute atomic E-state index is 0.931. The quantitative estimate of drug-likeness (QED) is 0.843. The summed E-state index contributed by atoms with van der Waals surface area (Å²) in [5, 5.41) is 0. The molecule has 0 radical (unpaired) electrons. The van der Waals surface area contributed by atoms with Crippen molar-refractivity contribution in [2.75, 3.05) is 20.2 Å². The van der Waals surface area contributed by atoms with E-state index < -0.39 is 0 Å². The maximum Gasteiger partial charge on any atom is 0.118 e. The third-order valence-electron chi connectivity index (χ3n) is 4.09. The van der Waals surface area contributed by atoms with Gasteiger partial charge in [-0.15, -0.1) is 0 Å². The molecule has 1 aliphatic heterocycles. The Morgan fingerprint density at radius 2 is 1.75 bits per heavy atom. The van der Waals surface area contributed by atoms with Crippen LogP contribution in [0.25, 0.3) is 0 Å². The zero-order chi connectivity index (χ0) is 13.8. The fourth-order valence-electron chi connectivity index (χ4n) is 2.82. The summed E-state index contributed by atoms with van der Waals surface area (Å²) in [4.78, 5) is 2.55. The Morgan fingerprint density at radius 3 is 2.50 bits per heavy atom. The Bertz CT molecular complexity index is 562. The first-order valence-electron chi connectivity index (χ1n) is 7.27. The Hall–Kier alpha value is -1.80. The molecule has 20 heavy (non-hydrogen) atoms. The summed E-state index contributed by atoms with van der Waals surface area (Å²) in [6.07, 6.45) is 2.28. The second-order valence-corrected chi connectivity index (χ2v) is 5.39. The van der Waals surface area contributed by atoms with Crippen molar-refractivity contribution in [1.82, 2.24) is 4.90 Å². The molecule has 2 nitrogen and oxygen atoms in total. The molecule has 1 heterocycles. The van der Waals surface area contributed by atoms with Gasteiger partial charge in [0.2, 0.25) is 0 Å². The molecule has 2 aromatic rings. The van der Waals surface area contributed by atoms with Gasteiger partial charge in [-0.05, 0) is 41.7 Å². The molecular formula is C18H21NO. The lowest BCUT2D eigenvalue weighted by Crippen LogP contribution is -2.32. The first-order chi connectivity index (χ1) is 9.85. The van der Waals surface area contributed by atoms with Crippen LogP contribution >= 0.6 is 0 Å². The van der Waals surface area contributed by atoms with E-state index in [4.69, 9.17) is 4.74 Å². The van der Waals surface area contributed by atoms with Crippen molar-refractivity contribution in [3.05, 3.63) is 65.2 Å². The van der Waals surface area contributed by atoms with Gasteiger partial charge in [0, 0.05) is 19.6 Å². The summed E-state index contributed by atoms with van der Waals surface area (Å²) in [5.41, 5.74) is 4.39. The molecule has 0 saturated carbocycles. The molecule has 0 spiro atoms. The number of fused-ring (bicyclic) bond motifs is 1. The summed E-state index contributed by atoms with van der Waals surface area (Å²) in [5.74, 6) is 0.931. The summed E-state index contributed by atoms with van der Waals surface area (Å²) in [7, 11) is 1.71. The topological polar surface area (TPSA) is 12.5 Å². The van der Waals surface area contributed by atoms with Crippen LogP contribution in [-0.2, 0) is 19.4 Å². The van der Waals surface area contributed by atoms with Crippen LogP contribution in [-0.4, -0.2) is 25.1 Å². The molecule has 2 heteroatoms. The first kappa shape index (κ1) is 13.2. The van der Waals surface area contributed by atoms with E-state index in [0.29, 0.717) is 0 Å². The molecule has 1 aliphatic rings. The van der Waals surface area contributed by atoms with Crippen molar-refractivity contribution in [2.24, 2.45) is 0 Å². The molecule has 2 aromatic carbocycles. The highest BCUT2D eigenvalue weighted by Crippen LogP contribution is 2.19. The molecule has 0 aliphatic carbocycles. The molecule has 104 valence electrons. The molecule has 0 aromatic heterocycles. The lowest BCUT2D eigenvalue weighted by Gasteiger charge is -2.28. The van der Waals surface area contributed by atoms with Gasteiger partial charge in [0.05, 0.1) is 7.11 Å². The molecule has 0 N–H and O–H groups in total. The molecule has 0 amide bonds. The number of nitrogens with zero attached hydrogens (tertiary/aromatic N) is 1. The average Bonchev–Trinajstić information content (AvgIpc) is 2.53. The van der Waals surface area contributed by atoms with Crippen molar-refractivity contribution in [3.63, 3.8) is 0 Å². The Morgan fingerprint density at radius 1 is 1.00 bits per heavy atom. The zero-order valence-corrected chi connectivity index (χ0v) is 12.0. The van der Waals surface area contributed by atoms with Crippen LogP contribution in [0.5, 0.6) is 5.75 Å². The number of benzene rings is 2. The van der Waals surface area contributed by atoms with Gasteiger partial charge in [-0.25, -0.2) is 0 Å². The van der Waals surface area contributed by atoms with Crippen molar-refractivity contribution in [2.45, 2.75) is 19.4 Å². The number of rotatable bonds is 4. The predicted octanol–water partition coefficient (Wildman–Crippen LogP) is 3.30. The van der Waals surface area contributed by atoms with Crippen molar-refractivity contribution in [3.8, 4) is 5.75 Å². The predicted molar refractivity (Wildman–Crippen MR) is 82.1 cm³/mol. The van der Waals surface area contributed by atoms with Gasteiger partial charge in [-0.3, -0.25) is 4.90 Å². The SMILES string of the molecule is COc1ccc(CCN2CCc3ccccc3C2)cc1. The Balaban J connectivity index is 1.57. The van der Waals surface area contributed by atoms with Crippen LogP contribution in [0.15, 0.2) is 48.5 Å². The minimum Gasteiger partial charge on any atom is -0.497 e. The first-order valence-corrected chi connectivity index (χ1v) is 7.27. The maximum atomic E-state index is 5.19. The molecule has 0 atom stereocenters. The summed E-state index contributed by atoms with van der Waals surface area (Å²) in [6, 6.07) is 17.2. The third-order valence-corrected chi connectivity index (χ3v) is 4.09. The van der Waals surface area contributed by atoms with E-state index in [9.17, 15) is 0 Å². The van der Waals surface area contributed by atoms with Gasteiger partial charge in [0.25, 0.3) is 0 Å². The Labute approximate surface area is 121 Å². The number of hydrogen-bond acceptors (Lipinski definition) is 2. The largest absolute Gasteiger partial charge is 0.497 e. The molecule has 0 saturated heterocycles. The van der Waals surface area contributed by atoms with E-state index in [2.05, 4.69) is 41.3 Å². The number of methoxy groups -OCH3 is 1. The normalized spacial score (nSPS) is 14.8. The zero-order valence-electron chi connectivity index (χ0n) is 12.0. The van der Waals surface area contributed by atoms with Gasteiger partial charge in [-0.1, -0.05) is 36.4 Å². The maximum absolute atomic E-state index is 5.19. The van der Waals surface area contributed by atoms with Crippen LogP contribution in [0.3, 0.4) is 0 Å². The van der Waals surface area contributed by atoms with Crippen molar-refractivity contribution in [1.29, 1.82) is 0 Å². The van der Waals surface area contributed by atoms with Crippen molar-refractivity contribution < 1.29 is 4.74 Å². The van der Waals surface area contributed by atoms with Gasteiger partial charge >= 0.3 is 0 Å². The van der Waals surface area contributed by atoms with Crippen LogP contribution in [0.2, 0.25) is 0 Å². The fourth-order valence-corrected chi connectivity index (χ4v) is 2.82. The highest BCUT2D eigenvalue weighted by atomic mass is 16.5. The van der Waals surface area contributed by atoms with Gasteiger partial charge in [0.15, 0.2) is 0 Å². The van der Waals surface area contributed by atoms with Crippen LogP contribution in [0.4, 0.5) is 0 Å². The molecular weight excluding hydrogens is 246 g/mol. The second-order valence-electron chi connectivity index (χ2n) is 5.39. The summed E-state index contributed by atoms with van der Waals surface area (Å²) >= 11 is 0. The average molecular weight is 267 g/mol. The lowest BCUT2D eigenvalue weighted by atomic mass is 9.99. The summed E-state index contributed by atoms with van der Waals surface area (Å²) in [6.45, 7) is 3.39. The monoisotopic (exact) mass is 267 g/mol. The van der Waals surface area contributed by atoms with E-state index >= 15 is 0 Å². The van der Waals surface area contributed by atoms with E-state index in [0.717, 1.165) is 25.3 Å². The molecule has 0 unspecified atom stereocenters. The molecule has 0 bridgehead atoms. The number of hydrogen-bond donors (Lipinski definition) is 0. The van der Waals surface area contributed by atoms with Crippen LogP contribution < -0.4 is 4.74 Å². The van der Waals surface area contributed by atoms with Gasteiger partial charge in [-0.2, -0.15) is 0 Å². The molecule has 0 fully saturated rings. The van der Waals surface area contributed by atoms with E-state index in [1.54, 1.807) is 7.11 Å². The van der Waals surface area contributed by atoms with Gasteiger partial charge < -0.3 is 4.74 Å². The van der Waals surface area contributed by atoms with Crippen LogP contribution in [0.1, 0.15) is 16.7 Å². The van der Waals surface area contributed by atoms with E-state index in [1.807, 2.05) is 12.1 Å². The fraction of sp³-hybridized carbons (Fsp3) is 0.333. The highest BCUT2D eigenvalue weighted by molar-refractivity contribution is 5.29. The Kier molecular flexibility index (Phi) is 4.03. The molecule has 3 rings (SSSR count). The smallest absolute Gasteiger partial charge is 0.118 e.